The van der Waals surface area contributed by atoms with Crippen LogP contribution in [0.1, 0.15) is 46.5 Å². The average molecular weight is 642 g/mol. The van der Waals surface area contributed by atoms with E-state index in [1.165, 1.54) is 0 Å². The van der Waals surface area contributed by atoms with Crippen molar-refractivity contribution in [3.63, 3.8) is 0 Å². The number of likely N-dealkylation sites (tertiary alicyclic amines) is 2. The van der Waals surface area contributed by atoms with Crippen LogP contribution in [0.15, 0.2) is 140 Å². The van der Waals surface area contributed by atoms with Gasteiger partial charge in [0, 0.05) is 38.3 Å². The van der Waals surface area contributed by atoms with E-state index in [4.69, 9.17) is 4.98 Å². The third-order valence-corrected chi connectivity index (χ3v) is 10.2. The number of pyridine rings is 1. The van der Waals surface area contributed by atoms with Gasteiger partial charge in [-0.1, -0.05) is 127 Å². The Bertz CT molecular complexity index is 1570. The van der Waals surface area contributed by atoms with Crippen LogP contribution in [-0.4, -0.2) is 72.6 Å². The Kier molecular flexibility index (Phi) is 9.25. The predicted molar refractivity (Wildman–Crippen MR) is 186 cm³/mol. The minimum absolute atomic E-state index is 0.382. The molecule has 0 aliphatic carbocycles. The summed E-state index contributed by atoms with van der Waals surface area (Å²) in [6.45, 7) is 1.73. The molecule has 0 saturated carbocycles. The molecule has 7 heteroatoms. The molecule has 2 unspecified atom stereocenters. The minimum Gasteiger partial charge on any atom is -0.392 e. The highest BCUT2D eigenvalue weighted by atomic mass is 16.3. The molecule has 0 bridgehead atoms. The average Bonchev–Trinajstić information content (AvgIpc) is 3.70. The summed E-state index contributed by atoms with van der Waals surface area (Å²) in [6, 6.07) is 44.0. The molecule has 0 amide bonds. The van der Waals surface area contributed by atoms with Gasteiger partial charge in [0.25, 0.3) is 0 Å². The van der Waals surface area contributed by atoms with Crippen LogP contribution in [0.3, 0.4) is 0 Å². The van der Waals surface area contributed by atoms with Crippen molar-refractivity contribution in [1.82, 2.24) is 14.8 Å². The lowest BCUT2D eigenvalue weighted by Crippen LogP contribution is -2.48. The van der Waals surface area contributed by atoms with E-state index in [0.29, 0.717) is 39.0 Å². The maximum Gasteiger partial charge on any atom is 0.130 e. The zero-order valence-corrected chi connectivity index (χ0v) is 27.0. The van der Waals surface area contributed by atoms with Gasteiger partial charge in [0.2, 0.25) is 0 Å². The van der Waals surface area contributed by atoms with E-state index >= 15 is 0 Å². The lowest BCUT2D eigenvalue weighted by molar-refractivity contribution is -0.00793. The fourth-order valence-corrected chi connectivity index (χ4v) is 7.97. The van der Waals surface area contributed by atoms with Crippen LogP contribution < -0.4 is 0 Å². The Labute approximate surface area is 282 Å². The van der Waals surface area contributed by atoms with Crippen LogP contribution in [0.25, 0.3) is 0 Å². The molecule has 2 saturated heterocycles. The number of rotatable bonds is 10. The summed E-state index contributed by atoms with van der Waals surface area (Å²) in [6.07, 6.45) is -0.328. The third kappa shape index (κ3) is 6.21. The van der Waals surface area contributed by atoms with E-state index in [1.807, 2.05) is 140 Å². The number of hydrogen-bond acceptors (Lipinski definition) is 7. The number of β-amino-alcohol motifs (C(OH)–C–C–N with tert-alkyl or cyclic N) is 2. The molecule has 1 aromatic heterocycles. The SMILES string of the molecule is O[C@H]1CC(C(O)(c2ccccc2)c2ccccc2)N(Cc2cccc(CN3C[C@@H](O)CC3C(O)(c3ccccc3)c3ccccc3)n2)C1. The Balaban J connectivity index is 1.17. The molecule has 2 fully saturated rings. The molecule has 0 spiro atoms. The zero-order chi connectivity index (χ0) is 33.1. The Morgan fingerprint density at radius 2 is 0.792 bits per heavy atom. The second kappa shape index (κ2) is 13.7. The number of nitrogens with zero attached hydrogens (tertiary/aromatic N) is 3. The molecule has 3 heterocycles. The van der Waals surface area contributed by atoms with Crippen molar-refractivity contribution in [3.8, 4) is 0 Å². The van der Waals surface area contributed by atoms with E-state index in [9.17, 15) is 20.4 Å². The molecule has 4 aromatic carbocycles. The first-order valence-electron chi connectivity index (χ1n) is 16.8. The summed E-state index contributed by atoms with van der Waals surface area (Å²) >= 11 is 0. The van der Waals surface area contributed by atoms with Crippen molar-refractivity contribution in [2.75, 3.05) is 13.1 Å². The topological polar surface area (TPSA) is 100 Å². The third-order valence-electron chi connectivity index (χ3n) is 10.2. The first-order chi connectivity index (χ1) is 23.4. The maximum atomic E-state index is 12.6. The Morgan fingerprint density at radius 3 is 1.10 bits per heavy atom. The highest BCUT2D eigenvalue weighted by molar-refractivity contribution is 5.40. The van der Waals surface area contributed by atoms with Gasteiger partial charge in [0.15, 0.2) is 0 Å². The molecule has 7 rings (SSSR count). The van der Waals surface area contributed by atoms with Gasteiger partial charge in [-0.25, -0.2) is 0 Å². The van der Waals surface area contributed by atoms with Gasteiger partial charge in [-0.15, -0.1) is 0 Å². The molecular weight excluding hydrogens is 598 g/mol. The molecule has 5 aromatic rings. The highest BCUT2D eigenvalue weighted by Crippen LogP contribution is 2.42. The fraction of sp³-hybridized carbons (Fsp3) is 0.293. The van der Waals surface area contributed by atoms with Gasteiger partial charge >= 0.3 is 0 Å². The van der Waals surface area contributed by atoms with Gasteiger partial charge in [-0.05, 0) is 47.2 Å². The largest absolute Gasteiger partial charge is 0.392 e. The van der Waals surface area contributed by atoms with Gasteiger partial charge < -0.3 is 20.4 Å². The molecule has 48 heavy (non-hydrogen) atoms. The summed E-state index contributed by atoms with van der Waals surface area (Å²) in [4.78, 5) is 9.35. The standard InChI is InChI=1S/C41H43N3O4/c45-36-24-38(40(47,30-14-5-1-6-15-30)31-16-7-2-8-17-31)43(28-36)26-34-22-13-23-35(42-34)27-44-29-37(46)25-39(44)41(48,32-18-9-3-10-19-32)33-20-11-4-12-21-33/h1-23,36-39,45-48H,24-29H2/t36-,37-,38?,39?/m0/s1. The molecule has 7 nitrogen and oxygen atoms in total. The van der Waals surface area contributed by atoms with E-state index in [1.54, 1.807) is 0 Å². The fourth-order valence-electron chi connectivity index (χ4n) is 7.97. The first kappa shape index (κ1) is 32.3. The molecule has 2 aliphatic heterocycles. The van der Waals surface area contributed by atoms with Crippen molar-refractivity contribution >= 4 is 0 Å². The van der Waals surface area contributed by atoms with Crippen molar-refractivity contribution in [3.05, 3.63) is 173 Å². The van der Waals surface area contributed by atoms with E-state index < -0.39 is 23.4 Å². The number of hydrogen-bond donors (Lipinski definition) is 4. The van der Waals surface area contributed by atoms with Crippen molar-refractivity contribution in [2.45, 2.75) is 61.4 Å². The zero-order valence-electron chi connectivity index (χ0n) is 27.0. The molecule has 0 radical (unpaired) electrons. The van der Waals surface area contributed by atoms with E-state index in [2.05, 4.69) is 9.80 Å². The van der Waals surface area contributed by atoms with Crippen molar-refractivity contribution in [1.29, 1.82) is 0 Å². The van der Waals surface area contributed by atoms with Crippen LogP contribution in [0.2, 0.25) is 0 Å². The number of aliphatic hydroxyl groups excluding tert-OH is 2. The highest BCUT2D eigenvalue weighted by Gasteiger charge is 2.49. The monoisotopic (exact) mass is 641 g/mol. The molecule has 246 valence electrons. The van der Waals surface area contributed by atoms with Crippen molar-refractivity contribution in [2.24, 2.45) is 0 Å². The lowest BCUT2D eigenvalue weighted by Gasteiger charge is -2.40. The van der Waals surface area contributed by atoms with Crippen molar-refractivity contribution < 1.29 is 20.4 Å². The van der Waals surface area contributed by atoms with Crippen LogP contribution in [0.5, 0.6) is 0 Å². The van der Waals surface area contributed by atoms with Gasteiger partial charge in [-0.3, -0.25) is 14.8 Å². The maximum absolute atomic E-state index is 12.6. The second-order valence-electron chi connectivity index (χ2n) is 13.3. The summed E-state index contributed by atoms with van der Waals surface area (Å²) in [5, 5.41) is 47.0. The normalized spacial score (nSPS) is 22.2. The van der Waals surface area contributed by atoms with Crippen LogP contribution in [0, 0.1) is 0 Å². The molecule has 4 N–H and O–H groups in total. The quantitative estimate of drug-likeness (QED) is 0.174. The van der Waals surface area contributed by atoms with Gasteiger partial charge in [0.05, 0.1) is 23.6 Å². The Hall–Kier alpha value is -4.21. The van der Waals surface area contributed by atoms with Crippen LogP contribution in [0.4, 0.5) is 0 Å². The summed E-state index contributed by atoms with van der Waals surface area (Å²) in [5.41, 5.74) is 2.11. The van der Waals surface area contributed by atoms with Crippen LogP contribution >= 0.6 is 0 Å². The molecule has 2 aliphatic rings. The summed E-state index contributed by atoms with van der Waals surface area (Å²) < 4.78 is 0. The second-order valence-corrected chi connectivity index (χ2v) is 13.3. The first-order valence-corrected chi connectivity index (χ1v) is 16.8. The molecule has 4 atom stereocenters. The van der Waals surface area contributed by atoms with E-state index in [-0.39, 0.29) is 12.1 Å². The van der Waals surface area contributed by atoms with Gasteiger partial charge in [0.1, 0.15) is 11.2 Å². The number of benzene rings is 4. The smallest absolute Gasteiger partial charge is 0.130 e. The summed E-state index contributed by atoms with van der Waals surface area (Å²) in [5.74, 6) is 0. The van der Waals surface area contributed by atoms with Crippen LogP contribution in [-0.2, 0) is 24.3 Å². The number of aliphatic hydroxyl groups is 4. The Morgan fingerprint density at radius 1 is 0.479 bits per heavy atom. The number of aromatic nitrogens is 1. The predicted octanol–water partition coefficient (Wildman–Crippen LogP) is 4.82. The lowest BCUT2D eigenvalue weighted by atomic mass is 9.79. The van der Waals surface area contributed by atoms with Gasteiger partial charge in [-0.2, -0.15) is 0 Å². The summed E-state index contributed by atoms with van der Waals surface area (Å²) in [7, 11) is 0. The van der Waals surface area contributed by atoms with E-state index in [0.717, 1.165) is 33.6 Å². The molecular formula is C41H43N3O4. The minimum atomic E-state index is -1.34.